The molecule has 1 aliphatic carbocycles. The Hall–Kier alpha value is -0.0800. The summed E-state index contributed by atoms with van der Waals surface area (Å²) in [5.74, 6) is 0.970. The maximum atomic E-state index is 6.25. The molecule has 2 N–H and O–H groups in total. The Balaban J connectivity index is 1.75. The third-order valence-corrected chi connectivity index (χ3v) is 3.89. The Labute approximate surface area is 87.8 Å². The van der Waals surface area contributed by atoms with E-state index in [4.69, 9.17) is 5.73 Å². The van der Waals surface area contributed by atoms with Crippen molar-refractivity contribution in [3.63, 3.8) is 0 Å². The Morgan fingerprint density at radius 2 is 1.86 bits per heavy atom. The molecular weight excluding hydrogens is 172 g/mol. The lowest BCUT2D eigenvalue weighted by atomic mass is 10.0. The number of rotatable bonds is 4. The quantitative estimate of drug-likeness (QED) is 0.745. The first-order chi connectivity index (χ1) is 6.77. The number of piperidine rings is 1. The zero-order valence-electron chi connectivity index (χ0n) is 9.41. The fraction of sp³-hybridized carbons (Fsp3) is 1.00. The summed E-state index contributed by atoms with van der Waals surface area (Å²) in [4.78, 5) is 2.59. The summed E-state index contributed by atoms with van der Waals surface area (Å²) < 4.78 is 0. The third kappa shape index (κ3) is 2.71. The van der Waals surface area contributed by atoms with E-state index in [1.165, 1.54) is 51.6 Å². The SMILES string of the molecule is CC(C(N)CC1CC1)N1CCCCC1. The van der Waals surface area contributed by atoms with Crippen LogP contribution in [0, 0.1) is 5.92 Å². The summed E-state index contributed by atoms with van der Waals surface area (Å²) in [7, 11) is 0. The van der Waals surface area contributed by atoms with Gasteiger partial charge in [-0.2, -0.15) is 0 Å². The van der Waals surface area contributed by atoms with Crippen LogP contribution in [0.5, 0.6) is 0 Å². The van der Waals surface area contributed by atoms with Crippen molar-refractivity contribution in [2.75, 3.05) is 13.1 Å². The van der Waals surface area contributed by atoms with E-state index in [0.717, 1.165) is 5.92 Å². The van der Waals surface area contributed by atoms with Gasteiger partial charge >= 0.3 is 0 Å². The van der Waals surface area contributed by atoms with Gasteiger partial charge < -0.3 is 5.73 Å². The highest BCUT2D eigenvalue weighted by Crippen LogP contribution is 2.34. The number of likely N-dealkylation sites (tertiary alicyclic amines) is 1. The van der Waals surface area contributed by atoms with E-state index in [1.807, 2.05) is 0 Å². The molecule has 2 fully saturated rings. The van der Waals surface area contributed by atoms with Crippen LogP contribution in [0.1, 0.15) is 45.4 Å². The minimum Gasteiger partial charge on any atom is -0.326 e. The predicted octanol–water partition coefficient (Wildman–Crippen LogP) is 1.99. The summed E-state index contributed by atoms with van der Waals surface area (Å²) in [5, 5.41) is 0. The smallest absolute Gasteiger partial charge is 0.0219 e. The van der Waals surface area contributed by atoms with Gasteiger partial charge in [0.05, 0.1) is 0 Å². The van der Waals surface area contributed by atoms with Gasteiger partial charge in [-0.05, 0) is 45.2 Å². The second-order valence-electron chi connectivity index (χ2n) is 5.18. The lowest BCUT2D eigenvalue weighted by molar-refractivity contribution is 0.149. The summed E-state index contributed by atoms with van der Waals surface area (Å²) >= 11 is 0. The average Bonchev–Trinajstić information content (AvgIpc) is 3.02. The van der Waals surface area contributed by atoms with Crippen LogP contribution in [0.15, 0.2) is 0 Å². The van der Waals surface area contributed by atoms with E-state index in [1.54, 1.807) is 0 Å². The first-order valence-corrected chi connectivity index (χ1v) is 6.27. The Kier molecular flexibility index (Phi) is 3.45. The first kappa shape index (κ1) is 10.4. The molecule has 2 heteroatoms. The molecule has 2 rings (SSSR count). The third-order valence-electron chi connectivity index (χ3n) is 3.89. The van der Waals surface area contributed by atoms with E-state index in [-0.39, 0.29) is 0 Å². The minimum atomic E-state index is 0.417. The van der Waals surface area contributed by atoms with Crippen molar-refractivity contribution in [1.82, 2.24) is 4.90 Å². The molecule has 2 nitrogen and oxygen atoms in total. The van der Waals surface area contributed by atoms with Crippen LogP contribution < -0.4 is 5.73 Å². The molecule has 2 atom stereocenters. The maximum Gasteiger partial charge on any atom is 0.0219 e. The predicted molar refractivity (Wildman–Crippen MR) is 60.2 cm³/mol. The van der Waals surface area contributed by atoms with Gasteiger partial charge in [0.15, 0.2) is 0 Å². The lowest BCUT2D eigenvalue weighted by Gasteiger charge is -2.35. The molecule has 2 unspecified atom stereocenters. The molecule has 0 amide bonds. The molecule has 0 aromatic rings. The zero-order valence-corrected chi connectivity index (χ0v) is 9.41. The van der Waals surface area contributed by atoms with Crippen molar-refractivity contribution in [2.24, 2.45) is 11.7 Å². The van der Waals surface area contributed by atoms with Crippen LogP contribution in [-0.4, -0.2) is 30.1 Å². The van der Waals surface area contributed by atoms with Crippen molar-refractivity contribution in [1.29, 1.82) is 0 Å². The topological polar surface area (TPSA) is 29.3 Å². The second kappa shape index (κ2) is 4.63. The van der Waals surface area contributed by atoms with Gasteiger partial charge in [0.2, 0.25) is 0 Å². The molecule has 1 aliphatic heterocycles. The van der Waals surface area contributed by atoms with Crippen LogP contribution >= 0.6 is 0 Å². The van der Waals surface area contributed by atoms with Crippen molar-refractivity contribution in [3.8, 4) is 0 Å². The minimum absolute atomic E-state index is 0.417. The molecule has 0 aromatic heterocycles. The number of hydrogen-bond acceptors (Lipinski definition) is 2. The van der Waals surface area contributed by atoms with E-state index < -0.39 is 0 Å². The van der Waals surface area contributed by atoms with Gasteiger partial charge in [-0.1, -0.05) is 19.3 Å². The van der Waals surface area contributed by atoms with Gasteiger partial charge in [0, 0.05) is 12.1 Å². The maximum absolute atomic E-state index is 6.25. The summed E-state index contributed by atoms with van der Waals surface area (Å²) in [6, 6.07) is 1.02. The summed E-state index contributed by atoms with van der Waals surface area (Å²) in [6.45, 7) is 4.87. The van der Waals surface area contributed by atoms with Gasteiger partial charge in [-0.25, -0.2) is 0 Å². The van der Waals surface area contributed by atoms with Crippen molar-refractivity contribution >= 4 is 0 Å². The van der Waals surface area contributed by atoms with Gasteiger partial charge in [0.25, 0.3) is 0 Å². The molecule has 1 saturated carbocycles. The highest BCUT2D eigenvalue weighted by molar-refractivity contribution is 4.86. The van der Waals surface area contributed by atoms with E-state index in [2.05, 4.69) is 11.8 Å². The van der Waals surface area contributed by atoms with Gasteiger partial charge in [0.1, 0.15) is 0 Å². The largest absolute Gasteiger partial charge is 0.326 e. The van der Waals surface area contributed by atoms with E-state index in [0.29, 0.717) is 12.1 Å². The van der Waals surface area contributed by atoms with Crippen LogP contribution in [0.3, 0.4) is 0 Å². The molecule has 0 bridgehead atoms. The van der Waals surface area contributed by atoms with Crippen LogP contribution in [0.4, 0.5) is 0 Å². The molecule has 0 radical (unpaired) electrons. The standard InChI is InChI=1S/C12H24N2/c1-10(12(13)9-11-5-6-11)14-7-3-2-4-8-14/h10-12H,2-9,13H2,1H3. The molecule has 0 spiro atoms. The molecular formula is C12H24N2. The molecule has 0 aromatic carbocycles. The second-order valence-corrected chi connectivity index (χ2v) is 5.18. The normalized spacial score (nSPS) is 28.7. The van der Waals surface area contributed by atoms with Crippen molar-refractivity contribution in [3.05, 3.63) is 0 Å². The van der Waals surface area contributed by atoms with Crippen LogP contribution in [0.25, 0.3) is 0 Å². The monoisotopic (exact) mass is 196 g/mol. The molecule has 14 heavy (non-hydrogen) atoms. The van der Waals surface area contributed by atoms with E-state index >= 15 is 0 Å². The van der Waals surface area contributed by atoms with Crippen LogP contribution in [0.2, 0.25) is 0 Å². The van der Waals surface area contributed by atoms with Crippen molar-refractivity contribution in [2.45, 2.75) is 57.5 Å². The Morgan fingerprint density at radius 3 is 2.43 bits per heavy atom. The number of nitrogens with zero attached hydrogens (tertiary/aromatic N) is 1. The Bertz CT molecular complexity index is 171. The molecule has 2 aliphatic rings. The van der Waals surface area contributed by atoms with Crippen LogP contribution in [-0.2, 0) is 0 Å². The fourth-order valence-electron chi connectivity index (χ4n) is 2.53. The number of nitrogens with two attached hydrogens (primary N) is 1. The summed E-state index contributed by atoms with van der Waals surface area (Å²) in [6.07, 6.45) is 8.29. The first-order valence-electron chi connectivity index (χ1n) is 6.27. The molecule has 82 valence electrons. The fourth-order valence-corrected chi connectivity index (χ4v) is 2.53. The highest BCUT2D eigenvalue weighted by atomic mass is 15.2. The summed E-state index contributed by atoms with van der Waals surface area (Å²) in [5.41, 5.74) is 6.25. The van der Waals surface area contributed by atoms with E-state index in [9.17, 15) is 0 Å². The van der Waals surface area contributed by atoms with Gasteiger partial charge in [-0.15, -0.1) is 0 Å². The lowest BCUT2D eigenvalue weighted by Crippen LogP contribution is -2.48. The Morgan fingerprint density at radius 1 is 1.21 bits per heavy atom. The average molecular weight is 196 g/mol. The van der Waals surface area contributed by atoms with Crippen molar-refractivity contribution < 1.29 is 0 Å². The molecule has 1 heterocycles. The zero-order chi connectivity index (χ0) is 9.97. The molecule has 1 saturated heterocycles. The van der Waals surface area contributed by atoms with Gasteiger partial charge in [-0.3, -0.25) is 4.90 Å². The highest BCUT2D eigenvalue weighted by Gasteiger charge is 2.28. The number of hydrogen-bond donors (Lipinski definition) is 1.